The zero-order valence-electron chi connectivity index (χ0n) is 9.34. The van der Waals surface area contributed by atoms with Gasteiger partial charge in [0.1, 0.15) is 0 Å². The quantitative estimate of drug-likeness (QED) is 0.736. The molecule has 0 spiro atoms. The molecule has 4 heteroatoms. The number of hydrogen-bond acceptors (Lipinski definition) is 2. The molecule has 3 nitrogen and oxygen atoms in total. The number of carbonyl (C=O) groups is 1. The first-order valence-electron chi connectivity index (χ1n) is 5.60. The molecule has 1 amide bonds. The normalized spacial score (nSPS) is 19.1. The molecule has 0 unspecified atom stereocenters. The molecule has 15 heavy (non-hydrogen) atoms. The Morgan fingerprint density at radius 2 is 2.07 bits per heavy atom. The van der Waals surface area contributed by atoms with Gasteiger partial charge in [0.2, 0.25) is 5.91 Å². The molecule has 0 aromatic heterocycles. The van der Waals surface area contributed by atoms with E-state index in [0.29, 0.717) is 25.3 Å². The highest BCUT2D eigenvalue weighted by Gasteiger charge is 2.33. The van der Waals surface area contributed by atoms with Gasteiger partial charge in [-0.15, -0.1) is 11.6 Å². The van der Waals surface area contributed by atoms with Crippen molar-refractivity contribution in [3.05, 3.63) is 0 Å². The van der Waals surface area contributed by atoms with Crippen LogP contribution in [0.3, 0.4) is 0 Å². The number of aliphatic hydroxyl groups is 1. The van der Waals surface area contributed by atoms with Crippen molar-refractivity contribution in [2.45, 2.75) is 44.1 Å². The molecule has 0 aromatic rings. The van der Waals surface area contributed by atoms with Gasteiger partial charge < -0.3 is 10.0 Å². The van der Waals surface area contributed by atoms with Crippen LogP contribution < -0.4 is 0 Å². The Kier molecular flexibility index (Phi) is 4.87. The summed E-state index contributed by atoms with van der Waals surface area (Å²) in [5, 5.41) is 10.1. The summed E-state index contributed by atoms with van der Waals surface area (Å²) in [6.45, 7) is 0.466. The van der Waals surface area contributed by atoms with Crippen molar-refractivity contribution in [3.8, 4) is 0 Å². The van der Waals surface area contributed by atoms with E-state index in [4.69, 9.17) is 11.6 Å². The number of rotatable bonds is 5. The van der Waals surface area contributed by atoms with Crippen LogP contribution in [0.2, 0.25) is 0 Å². The zero-order chi connectivity index (χ0) is 11.3. The van der Waals surface area contributed by atoms with Gasteiger partial charge in [-0.3, -0.25) is 4.79 Å². The maximum atomic E-state index is 11.6. The molecule has 1 aliphatic rings. The minimum Gasteiger partial charge on any atom is -0.388 e. The number of halogens is 1. The standard InChI is InChI=1S/C11H20ClNO2/c1-13(10(14)5-4-8-12)9-11(15)6-2-3-7-11/h15H,2-9H2,1H3. The van der Waals surface area contributed by atoms with Crippen LogP contribution in [0.1, 0.15) is 38.5 Å². The fraction of sp³-hybridized carbons (Fsp3) is 0.909. The molecule has 88 valence electrons. The SMILES string of the molecule is CN(CC1(O)CCCC1)C(=O)CCCCl. The van der Waals surface area contributed by atoms with E-state index in [9.17, 15) is 9.90 Å². The summed E-state index contributed by atoms with van der Waals surface area (Å²) < 4.78 is 0. The molecule has 0 atom stereocenters. The highest BCUT2D eigenvalue weighted by molar-refractivity contribution is 6.17. The van der Waals surface area contributed by atoms with Crippen molar-refractivity contribution in [1.82, 2.24) is 4.90 Å². The average Bonchev–Trinajstić information content (AvgIpc) is 2.61. The van der Waals surface area contributed by atoms with Crippen LogP contribution in [-0.2, 0) is 4.79 Å². The van der Waals surface area contributed by atoms with E-state index in [1.54, 1.807) is 11.9 Å². The predicted molar refractivity (Wildman–Crippen MR) is 61.0 cm³/mol. The van der Waals surface area contributed by atoms with Crippen LogP contribution >= 0.6 is 11.6 Å². The molecule has 0 aromatic carbocycles. The van der Waals surface area contributed by atoms with Gasteiger partial charge in [-0.05, 0) is 19.3 Å². The van der Waals surface area contributed by atoms with E-state index >= 15 is 0 Å². The number of hydrogen-bond donors (Lipinski definition) is 1. The third kappa shape index (κ3) is 3.99. The number of carbonyl (C=O) groups excluding carboxylic acids is 1. The van der Waals surface area contributed by atoms with Crippen LogP contribution in [0.4, 0.5) is 0 Å². The van der Waals surface area contributed by atoms with Crippen molar-refractivity contribution in [2.24, 2.45) is 0 Å². The lowest BCUT2D eigenvalue weighted by molar-refractivity contribution is -0.133. The van der Waals surface area contributed by atoms with E-state index in [0.717, 1.165) is 25.7 Å². The van der Waals surface area contributed by atoms with Gasteiger partial charge >= 0.3 is 0 Å². The lowest BCUT2D eigenvalue weighted by Gasteiger charge is -2.28. The Bertz CT molecular complexity index is 215. The summed E-state index contributed by atoms with van der Waals surface area (Å²) in [7, 11) is 1.76. The largest absolute Gasteiger partial charge is 0.388 e. The van der Waals surface area contributed by atoms with E-state index in [2.05, 4.69) is 0 Å². The molecule has 1 aliphatic carbocycles. The second-order valence-corrected chi connectivity index (χ2v) is 4.85. The highest BCUT2D eigenvalue weighted by atomic mass is 35.5. The van der Waals surface area contributed by atoms with Gasteiger partial charge in [0.05, 0.1) is 5.60 Å². The summed E-state index contributed by atoms with van der Waals surface area (Å²) in [4.78, 5) is 13.2. The monoisotopic (exact) mass is 233 g/mol. The van der Waals surface area contributed by atoms with Gasteiger partial charge in [-0.2, -0.15) is 0 Å². The van der Waals surface area contributed by atoms with Gasteiger partial charge in [0, 0.05) is 25.9 Å². The van der Waals surface area contributed by atoms with Gasteiger partial charge in [0.25, 0.3) is 0 Å². The predicted octanol–water partition coefficient (Wildman–Crippen LogP) is 1.77. The first kappa shape index (κ1) is 12.8. The number of nitrogens with zero attached hydrogens (tertiary/aromatic N) is 1. The second-order valence-electron chi connectivity index (χ2n) is 4.47. The van der Waals surface area contributed by atoms with Gasteiger partial charge in [-0.25, -0.2) is 0 Å². The Balaban J connectivity index is 2.33. The van der Waals surface area contributed by atoms with Crippen molar-refractivity contribution in [2.75, 3.05) is 19.5 Å². The molecule has 0 bridgehead atoms. The molecular weight excluding hydrogens is 214 g/mol. The number of amides is 1. The van der Waals surface area contributed by atoms with Crippen LogP contribution in [0.25, 0.3) is 0 Å². The Morgan fingerprint density at radius 3 is 2.60 bits per heavy atom. The molecule has 0 saturated heterocycles. The molecule has 0 heterocycles. The van der Waals surface area contributed by atoms with Gasteiger partial charge in [0.15, 0.2) is 0 Å². The van der Waals surface area contributed by atoms with Crippen molar-refractivity contribution < 1.29 is 9.90 Å². The van der Waals surface area contributed by atoms with E-state index < -0.39 is 5.60 Å². The number of alkyl halides is 1. The Morgan fingerprint density at radius 1 is 1.47 bits per heavy atom. The van der Waals surface area contributed by atoms with E-state index in [-0.39, 0.29) is 5.91 Å². The van der Waals surface area contributed by atoms with Crippen molar-refractivity contribution in [1.29, 1.82) is 0 Å². The van der Waals surface area contributed by atoms with Crippen LogP contribution in [-0.4, -0.2) is 41.0 Å². The maximum Gasteiger partial charge on any atom is 0.222 e. The van der Waals surface area contributed by atoms with Crippen molar-refractivity contribution >= 4 is 17.5 Å². The Hall–Kier alpha value is -0.280. The molecule has 0 aliphatic heterocycles. The van der Waals surface area contributed by atoms with Crippen LogP contribution in [0.15, 0.2) is 0 Å². The van der Waals surface area contributed by atoms with Crippen molar-refractivity contribution in [3.63, 3.8) is 0 Å². The topological polar surface area (TPSA) is 40.5 Å². The molecule has 1 rings (SSSR count). The summed E-state index contributed by atoms with van der Waals surface area (Å²) in [5.74, 6) is 0.597. The smallest absolute Gasteiger partial charge is 0.222 e. The Labute approximate surface area is 96.4 Å². The van der Waals surface area contributed by atoms with Crippen LogP contribution in [0.5, 0.6) is 0 Å². The lowest BCUT2D eigenvalue weighted by atomic mass is 10.0. The first-order chi connectivity index (χ1) is 7.07. The summed E-state index contributed by atoms with van der Waals surface area (Å²) in [6, 6.07) is 0. The second kappa shape index (κ2) is 5.71. The summed E-state index contributed by atoms with van der Waals surface area (Å²) >= 11 is 5.53. The fourth-order valence-electron chi connectivity index (χ4n) is 2.13. The number of likely N-dealkylation sites (N-methyl/N-ethyl adjacent to an activating group) is 1. The minimum atomic E-state index is -0.634. The average molecular weight is 234 g/mol. The molecule has 1 fully saturated rings. The maximum absolute atomic E-state index is 11.6. The summed E-state index contributed by atoms with van der Waals surface area (Å²) in [5.41, 5.74) is -0.634. The van der Waals surface area contributed by atoms with Gasteiger partial charge in [-0.1, -0.05) is 12.8 Å². The van der Waals surface area contributed by atoms with E-state index in [1.807, 2.05) is 0 Å². The van der Waals surface area contributed by atoms with Crippen LogP contribution in [0, 0.1) is 0 Å². The highest BCUT2D eigenvalue weighted by Crippen LogP contribution is 2.29. The summed E-state index contributed by atoms with van der Waals surface area (Å²) in [6.07, 6.45) is 4.97. The minimum absolute atomic E-state index is 0.0796. The molecule has 1 N–H and O–H groups in total. The van der Waals surface area contributed by atoms with E-state index in [1.165, 1.54) is 0 Å². The zero-order valence-corrected chi connectivity index (χ0v) is 10.1. The first-order valence-corrected chi connectivity index (χ1v) is 6.13. The lowest BCUT2D eigenvalue weighted by Crippen LogP contribution is -2.41. The molecule has 0 radical (unpaired) electrons. The third-order valence-corrected chi connectivity index (χ3v) is 3.28. The third-order valence-electron chi connectivity index (χ3n) is 3.02. The fourth-order valence-corrected chi connectivity index (χ4v) is 2.26. The molecular formula is C11H20ClNO2. The molecule has 1 saturated carbocycles.